The van der Waals surface area contributed by atoms with Gasteiger partial charge in [0.15, 0.2) is 5.82 Å². The van der Waals surface area contributed by atoms with Crippen molar-refractivity contribution in [1.29, 1.82) is 5.26 Å². The minimum atomic E-state index is -0.290. The Bertz CT molecular complexity index is 1730. The molecule has 0 radical (unpaired) electrons. The second-order valence-electron chi connectivity index (χ2n) is 8.99. The van der Waals surface area contributed by atoms with Crippen molar-refractivity contribution >= 4 is 22.6 Å². The number of aromatic nitrogens is 4. The number of nitriles is 1. The number of hydrogen-bond acceptors (Lipinski definition) is 5. The van der Waals surface area contributed by atoms with E-state index in [1.165, 1.54) is 0 Å². The predicted octanol–water partition coefficient (Wildman–Crippen LogP) is 6.33. The molecular formula is C31H27N5O2. The van der Waals surface area contributed by atoms with Gasteiger partial charge in [-0.15, -0.1) is 0 Å². The molecule has 3 aromatic carbocycles. The van der Waals surface area contributed by atoms with Crippen LogP contribution >= 0.6 is 0 Å². The standard InChI is InChI=1S/C31H27N5O2/c1-3-4-16-38-25-14-15-26(21(2)17-25)29-23(20-36(35-29)24-10-6-5-7-11-24)18-22(19-32)30-33-28-13-9-8-12-27(28)31(37)34-30/h5-15,17-18,20H,3-4,16H2,1-2H3,(H,33,34,37)/b22-18+. The van der Waals surface area contributed by atoms with E-state index < -0.39 is 0 Å². The van der Waals surface area contributed by atoms with Gasteiger partial charge in [-0.1, -0.05) is 43.7 Å². The number of aryl methyl sites for hydroxylation is 1. The molecule has 0 aliphatic carbocycles. The number of hydrogen-bond donors (Lipinski definition) is 1. The lowest BCUT2D eigenvalue weighted by Gasteiger charge is -2.10. The Balaban J connectivity index is 1.62. The van der Waals surface area contributed by atoms with Crippen LogP contribution in [0.2, 0.25) is 0 Å². The van der Waals surface area contributed by atoms with Crippen LogP contribution < -0.4 is 10.3 Å². The van der Waals surface area contributed by atoms with Gasteiger partial charge < -0.3 is 9.72 Å². The van der Waals surface area contributed by atoms with Crippen LogP contribution in [-0.2, 0) is 0 Å². The van der Waals surface area contributed by atoms with E-state index in [1.807, 2.05) is 67.7 Å². The van der Waals surface area contributed by atoms with Crippen molar-refractivity contribution in [3.05, 3.63) is 106 Å². The van der Waals surface area contributed by atoms with Crippen molar-refractivity contribution in [1.82, 2.24) is 19.7 Å². The zero-order valence-electron chi connectivity index (χ0n) is 21.3. The van der Waals surface area contributed by atoms with Gasteiger partial charge in [0.2, 0.25) is 0 Å². The number of benzene rings is 3. The molecule has 2 aromatic heterocycles. The quantitative estimate of drug-likeness (QED) is 0.198. The van der Waals surface area contributed by atoms with Gasteiger partial charge in [0.05, 0.1) is 28.8 Å². The maximum Gasteiger partial charge on any atom is 0.259 e. The Hall–Kier alpha value is -4.96. The maximum absolute atomic E-state index is 12.7. The summed E-state index contributed by atoms with van der Waals surface area (Å²) < 4.78 is 7.68. The lowest BCUT2D eigenvalue weighted by Crippen LogP contribution is -2.11. The highest BCUT2D eigenvalue weighted by atomic mass is 16.5. The molecule has 2 heterocycles. The van der Waals surface area contributed by atoms with Crippen LogP contribution in [-0.4, -0.2) is 26.4 Å². The summed E-state index contributed by atoms with van der Waals surface area (Å²) >= 11 is 0. The molecule has 7 nitrogen and oxygen atoms in total. The lowest BCUT2D eigenvalue weighted by molar-refractivity contribution is 0.309. The van der Waals surface area contributed by atoms with E-state index in [0.717, 1.165) is 41.0 Å². The number of allylic oxidation sites excluding steroid dienone is 1. The van der Waals surface area contributed by atoms with Crippen LogP contribution in [0.15, 0.2) is 83.8 Å². The third kappa shape index (κ3) is 5.11. The number of aromatic amines is 1. The third-order valence-corrected chi connectivity index (χ3v) is 6.27. The van der Waals surface area contributed by atoms with Gasteiger partial charge >= 0.3 is 0 Å². The van der Waals surface area contributed by atoms with Gasteiger partial charge in [0.1, 0.15) is 17.5 Å². The van der Waals surface area contributed by atoms with E-state index in [4.69, 9.17) is 9.84 Å². The molecule has 5 aromatic rings. The van der Waals surface area contributed by atoms with Crippen molar-refractivity contribution < 1.29 is 4.74 Å². The summed E-state index contributed by atoms with van der Waals surface area (Å²) in [6.45, 7) is 4.83. The number of H-pyrrole nitrogens is 1. The fourth-order valence-electron chi connectivity index (χ4n) is 4.26. The molecule has 0 fully saturated rings. The Morgan fingerprint density at radius 1 is 1.11 bits per heavy atom. The number of fused-ring (bicyclic) bond motifs is 1. The highest BCUT2D eigenvalue weighted by Crippen LogP contribution is 2.31. The van der Waals surface area contributed by atoms with Crippen LogP contribution in [0.5, 0.6) is 5.75 Å². The van der Waals surface area contributed by atoms with Gasteiger partial charge in [-0.3, -0.25) is 4.79 Å². The van der Waals surface area contributed by atoms with Gasteiger partial charge in [0, 0.05) is 17.3 Å². The topological polar surface area (TPSA) is 96.6 Å². The number of para-hydroxylation sites is 2. The van der Waals surface area contributed by atoms with Crippen molar-refractivity contribution in [2.45, 2.75) is 26.7 Å². The van der Waals surface area contributed by atoms with Crippen molar-refractivity contribution in [3.8, 4) is 28.8 Å². The molecule has 0 aliphatic heterocycles. The average molecular weight is 502 g/mol. The molecule has 0 atom stereocenters. The van der Waals surface area contributed by atoms with E-state index in [1.54, 1.807) is 29.0 Å². The molecule has 0 saturated carbocycles. The van der Waals surface area contributed by atoms with E-state index in [0.29, 0.717) is 23.2 Å². The smallest absolute Gasteiger partial charge is 0.259 e. The van der Waals surface area contributed by atoms with Crippen LogP contribution in [0.1, 0.15) is 36.7 Å². The number of nitrogens with zero attached hydrogens (tertiary/aromatic N) is 4. The van der Waals surface area contributed by atoms with Gasteiger partial charge in [0.25, 0.3) is 5.56 Å². The van der Waals surface area contributed by atoms with Crippen LogP contribution in [0, 0.1) is 18.3 Å². The summed E-state index contributed by atoms with van der Waals surface area (Å²) in [6.07, 6.45) is 5.67. The molecule has 7 heteroatoms. The second-order valence-corrected chi connectivity index (χ2v) is 8.99. The molecular weight excluding hydrogens is 474 g/mol. The molecule has 0 amide bonds. The van der Waals surface area contributed by atoms with E-state index in [-0.39, 0.29) is 17.0 Å². The first-order valence-electron chi connectivity index (χ1n) is 12.6. The Labute approximate surface area is 220 Å². The minimum absolute atomic E-state index is 0.214. The van der Waals surface area contributed by atoms with Crippen LogP contribution in [0.3, 0.4) is 0 Å². The minimum Gasteiger partial charge on any atom is -0.494 e. The van der Waals surface area contributed by atoms with Crippen molar-refractivity contribution in [2.75, 3.05) is 6.61 Å². The summed E-state index contributed by atoms with van der Waals surface area (Å²) in [4.78, 5) is 20.0. The molecule has 0 saturated heterocycles. The first-order chi connectivity index (χ1) is 18.6. The molecule has 0 aliphatic rings. The molecule has 0 unspecified atom stereocenters. The zero-order valence-corrected chi connectivity index (χ0v) is 21.3. The Kier molecular flexibility index (Phi) is 7.14. The molecule has 5 rings (SSSR count). The summed E-state index contributed by atoms with van der Waals surface area (Å²) in [5, 5.41) is 15.4. The number of ether oxygens (including phenoxy) is 1. The Morgan fingerprint density at radius 2 is 1.89 bits per heavy atom. The maximum atomic E-state index is 12.7. The normalized spacial score (nSPS) is 11.4. The molecule has 0 bridgehead atoms. The fraction of sp³-hybridized carbons (Fsp3) is 0.161. The summed E-state index contributed by atoms with van der Waals surface area (Å²) in [7, 11) is 0. The SMILES string of the molecule is CCCCOc1ccc(-c2nn(-c3ccccc3)cc2/C=C(\C#N)c2nc3ccccc3c(=O)[nH]2)c(C)c1. The molecule has 188 valence electrons. The third-order valence-electron chi connectivity index (χ3n) is 6.27. The monoisotopic (exact) mass is 501 g/mol. The lowest BCUT2D eigenvalue weighted by atomic mass is 10.0. The largest absolute Gasteiger partial charge is 0.494 e. The Morgan fingerprint density at radius 3 is 2.66 bits per heavy atom. The molecule has 38 heavy (non-hydrogen) atoms. The van der Waals surface area contributed by atoms with E-state index >= 15 is 0 Å². The van der Waals surface area contributed by atoms with Crippen molar-refractivity contribution in [2.24, 2.45) is 0 Å². The van der Waals surface area contributed by atoms with E-state index in [9.17, 15) is 10.1 Å². The number of unbranched alkanes of at least 4 members (excludes halogenated alkanes) is 1. The van der Waals surface area contributed by atoms with Gasteiger partial charge in [-0.25, -0.2) is 9.67 Å². The van der Waals surface area contributed by atoms with Gasteiger partial charge in [-0.05, 0) is 67.4 Å². The fourth-order valence-corrected chi connectivity index (χ4v) is 4.26. The summed E-state index contributed by atoms with van der Waals surface area (Å²) in [6, 6.07) is 25.0. The summed E-state index contributed by atoms with van der Waals surface area (Å²) in [5.74, 6) is 1.03. The summed E-state index contributed by atoms with van der Waals surface area (Å²) in [5.41, 5.74) is 4.73. The molecule has 1 N–H and O–H groups in total. The van der Waals surface area contributed by atoms with Gasteiger partial charge in [-0.2, -0.15) is 10.4 Å². The number of rotatable bonds is 8. The highest BCUT2D eigenvalue weighted by Gasteiger charge is 2.16. The van der Waals surface area contributed by atoms with E-state index in [2.05, 4.69) is 23.0 Å². The predicted molar refractivity (Wildman–Crippen MR) is 150 cm³/mol. The highest BCUT2D eigenvalue weighted by molar-refractivity contribution is 5.92. The first kappa shape index (κ1) is 24.7. The first-order valence-corrected chi connectivity index (χ1v) is 12.6. The number of nitrogens with one attached hydrogen (secondary N) is 1. The van der Waals surface area contributed by atoms with Crippen molar-refractivity contribution in [3.63, 3.8) is 0 Å². The zero-order chi connectivity index (χ0) is 26.5. The van der Waals surface area contributed by atoms with Crippen LogP contribution in [0.4, 0.5) is 0 Å². The molecule has 0 spiro atoms. The van der Waals surface area contributed by atoms with Crippen LogP contribution in [0.25, 0.3) is 39.5 Å². The second kappa shape index (κ2) is 11.0. The average Bonchev–Trinajstić information content (AvgIpc) is 3.36.